The summed E-state index contributed by atoms with van der Waals surface area (Å²) in [5, 5.41) is 2.68. The Balaban J connectivity index is 1.63. The summed E-state index contributed by atoms with van der Waals surface area (Å²) in [4.78, 5) is 32.8. The van der Waals surface area contributed by atoms with Crippen molar-refractivity contribution in [3.05, 3.63) is 36.7 Å². The molecule has 8 nitrogen and oxygen atoms in total. The van der Waals surface area contributed by atoms with Crippen molar-refractivity contribution in [2.24, 2.45) is 0 Å². The Hall–Kier alpha value is -2.61. The van der Waals surface area contributed by atoms with E-state index in [4.69, 9.17) is 0 Å². The average molecular weight is 299 g/mol. The van der Waals surface area contributed by atoms with Gasteiger partial charge < -0.3 is 15.1 Å². The van der Waals surface area contributed by atoms with E-state index >= 15 is 0 Å². The largest absolute Gasteiger partial charge is 0.338 e. The topological polar surface area (TPSA) is 87.1 Å². The molecule has 0 bridgehead atoms. The van der Waals surface area contributed by atoms with Crippen LogP contribution in [0.25, 0.3) is 0 Å². The molecule has 0 unspecified atom stereocenters. The molecular weight excluding hydrogens is 282 g/mol. The summed E-state index contributed by atoms with van der Waals surface area (Å²) in [6, 6.07) is 1.66. The van der Waals surface area contributed by atoms with Gasteiger partial charge in [-0.05, 0) is 13.1 Å². The van der Waals surface area contributed by atoms with Crippen molar-refractivity contribution >= 4 is 17.5 Å². The molecule has 0 saturated carbocycles. The molecule has 0 radical (unpaired) electrons. The zero-order chi connectivity index (χ0) is 15.4. The SMILES string of the molecule is CN1CCN(c2ncc(NC(=O)c3ncccn3)cn2)CC1. The lowest BCUT2D eigenvalue weighted by atomic mass is 10.3. The number of likely N-dealkylation sites (N-methyl/N-ethyl adjacent to an activating group) is 1. The van der Waals surface area contributed by atoms with Crippen LogP contribution in [-0.4, -0.2) is 64.0 Å². The molecule has 1 fully saturated rings. The van der Waals surface area contributed by atoms with Crippen LogP contribution in [-0.2, 0) is 0 Å². The van der Waals surface area contributed by atoms with Gasteiger partial charge in [-0.15, -0.1) is 0 Å². The predicted molar refractivity (Wildman–Crippen MR) is 81.7 cm³/mol. The Labute approximate surface area is 128 Å². The highest BCUT2D eigenvalue weighted by Crippen LogP contribution is 2.12. The van der Waals surface area contributed by atoms with Crippen molar-refractivity contribution in [2.45, 2.75) is 0 Å². The molecule has 1 aliphatic rings. The van der Waals surface area contributed by atoms with Gasteiger partial charge in [0.1, 0.15) is 0 Å². The summed E-state index contributed by atoms with van der Waals surface area (Å²) in [6.45, 7) is 3.79. The summed E-state index contributed by atoms with van der Waals surface area (Å²) in [7, 11) is 2.10. The number of hydrogen-bond acceptors (Lipinski definition) is 7. The quantitative estimate of drug-likeness (QED) is 0.870. The number of aromatic nitrogens is 4. The van der Waals surface area contributed by atoms with E-state index in [1.807, 2.05) is 0 Å². The van der Waals surface area contributed by atoms with Crippen LogP contribution in [0.5, 0.6) is 0 Å². The van der Waals surface area contributed by atoms with E-state index in [1.165, 1.54) is 12.4 Å². The lowest BCUT2D eigenvalue weighted by Gasteiger charge is -2.32. The number of anilines is 2. The van der Waals surface area contributed by atoms with Crippen LogP contribution in [0.1, 0.15) is 10.6 Å². The van der Waals surface area contributed by atoms with E-state index in [1.54, 1.807) is 18.5 Å². The highest BCUT2D eigenvalue weighted by atomic mass is 16.2. The van der Waals surface area contributed by atoms with Gasteiger partial charge in [-0.1, -0.05) is 0 Å². The third kappa shape index (κ3) is 3.34. The normalized spacial score (nSPS) is 15.6. The second-order valence-electron chi connectivity index (χ2n) is 5.09. The number of nitrogens with zero attached hydrogens (tertiary/aromatic N) is 6. The minimum absolute atomic E-state index is 0.116. The van der Waals surface area contributed by atoms with Gasteiger partial charge in [0.25, 0.3) is 5.91 Å². The van der Waals surface area contributed by atoms with Crippen LogP contribution in [0, 0.1) is 0 Å². The maximum atomic E-state index is 11.9. The lowest BCUT2D eigenvalue weighted by Crippen LogP contribution is -2.45. The zero-order valence-electron chi connectivity index (χ0n) is 12.3. The number of piperazine rings is 1. The molecule has 8 heteroatoms. The number of rotatable bonds is 3. The molecule has 0 spiro atoms. The second kappa shape index (κ2) is 6.44. The van der Waals surface area contributed by atoms with Crippen molar-refractivity contribution in [3.63, 3.8) is 0 Å². The summed E-state index contributed by atoms with van der Waals surface area (Å²) in [5.41, 5.74) is 0.523. The van der Waals surface area contributed by atoms with Gasteiger partial charge in [0.2, 0.25) is 11.8 Å². The first-order valence-electron chi connectivity index (χ1n) is 7.06. The minimum atomic E-state index is -0.378. The van der Waals surface area contributed by atoms with Gasteiger partial charge >= 0.3 is 0 Å². The van der Waals surface area contributed by atoms with E-state index in [-0.39, 0.29) is 11.7 Å². The third-order valence-electron chi connectivity index (χ3n) is 3.45. The van der Waals surface area contributed by atoms with E-state index < -0.39 is 0 Å². The Kier molecular flexibility index (Phi) is 4.19. The Morgan fingerprint density at radius 2 is 1.68 bits per heavy atom. The molecule has 1 saturated heterocycles. The van der Waals surface area contributed by atoms with E-state index in [9.17, 15) is 4.79 Å². The van der Waals surface area contributed by atoms with Gasteiger partial charge in [0, 0.05) is 38.6 Å². The first-order chi connectivity index (χ1) is 10.7. The van der Waals surface area contributed by atoms with Crippen molar-refractivity contribution < 1.29 is 4.79 Å². The monoisotopic (exact) mass is 299 g/mol. The maximum Gasteiger partial charge on any atom is 0.293 e. The predicted octanol–water partition coefficient (Wildman–Crippen LogP) is 0.271. The van der Waals surface area contributed by atoms with Crippen LogP contribution in [0.2, 0.25) is 0 Å². The van der Waals surface area contributed by atoms with E-state index in [0.717, 1.165) is 26.2 Å². The Morgan fingerprint density at radius 3 is 2.32 bits per heavy atom. The van der Waals surface area contributed by atoms with Crippen LogP contribution in [0.4, 0.5) is 11.6 Å². The van der Waals surface area contributed by atoms with E-state index in [2.05, 4.69) is 42.1 Å². The zero-order valence-corrected chi connectivity index (χ0v) is 12.3. The van der Waals surface area contributed by atoms with Gasteiger partial charge in [0.15, 0.2) is 0 Å². The summed E-state index contributed by atoms with van der Waals surface area (Å²) < 4.78 is 0. The average Bonchev–Trinajstić information content (AvgIpc) is 2.57. The number of carbonyl (C=O) groups is 1. The molecular formula is C14H17N7O. The van der Waals surface area contributed by atoms with Crippen molar-refractivity contribution in [3.8, 4) is 0 Å². The minimum Gasteiger partial charge on any atom is -0.338 e. The fourth-order valence-corrected chi connectivity index (χ4v) is 2.16. The number of nitrogens with one attached hydrogen (secondary N) is 1. The molecule has 1 N–H and O–H groups in total. The summed E-state index contributed by atoms with van der Waals surface area (Å²) in [6.07, 6.45) is 6.24. The molecule has 0 aliphatic carbocycles. The van der Waals surface area contributed by atoms with Crippen LogP contribution < -0.4 is 10.2 Å². The molecule has 114 valence electrons. The number of amides is 1. The molecule has 3 rings (SSSR count). The number of carbonyl (C=O) groups excluding carboxylic acids is 1. The summed E-state index contributed by atoms with van der Waals surface area (Å²) in [5.74, 6) is 0.421. The van der Waals surface area contributed by atoms with Gasteiger partial charge in [-0.3, -0.25) is 4.79 Å². The molecule has 1 aliphatic heterocycles. The molecule has 0 atom stereocenters. The third-order valence-corrected chi connectivity index (χ3v) is 3.45. The molecule has 3 heterocycles. The fourth-order valence-electron chi connectivity index (χ4n) is 2.16. The smallest absolute Gasteiger partial charge is 0.293 e. The Morgan fingerprint density at radius 1 is 1.05 bits per heavy atom. The molecule has 1 amide bonds. The fraction of sp³-hybridized carbons (Fsp3) is 0.357. The molecule has 2 aromatic heterocycles. The Bertz CT molecular complexity index is 623. The van der Waals surface area contributed by atoms with Gasteiger partial charge in [0.05, 0.1) is 18.1 Å². The molecule has 22 heavy (non-hydrogen) atoms. The first kappa shape index (κ1) is 14.3. The van der Waals surface area contributed by atoms with Crippen molar-refractivity contribution in [2.75, 3.05) is 43.4 Å². The van der Waals surface area contributed by atoms with Gasteiger partial charge in [-0.25, -0.2) is 19.9 Å². The summed E-state index contributed by atoms with van der Waals surface area (Å²) >= 11 is 0. The highest BCUT2D eigenvalue weighted by Gasteiger charge is 2.16. The first-order valence-corrected chi connectivity index (χ1v) is 7.06. The number of hydrogen-bond donors (Lipinski definition) is 1. The standard InChI is InChI=1S/C14H17N7O/c1-20-5-7-21(8-6-20)14-17-9-11(10-18-14)19-13(22)12-15-3-2-4-16-12/h2-4,9-10H,5-8H2,1H3,(H,19,22). The molecule has 2 aromatic rings. The van der Waals surface area contributed by atoms with E-state index in [0.29, 0.717) is 11.6 Å². The van der Waals surface area contributed by atoms with Crippen LogP contribution in [0.3, 0.4) is 0 Å². The highest BCUT2D eigenvalue weighted by molar-refractivity contribution is 6.01. The maximum absolute atomic E-state index is 11.9. The van der Waals surface area contributed by atoms with Crippen molar-refractivity contribution in [1.29, 1.82) is 0 Å². The van der Waals surface area contributed by atoms with Crippen molar-refractivity contribution in [1.82, 2.24) is 24.8 Å². The van der Waals surface area contributed by atoms with Crippen LogP contribution >= 0.6 is 0 Å². The lowest BCUT2D eigenvalue weighted by molar-refractivity contribution is 0.101. The second-order valence-corrected chi connectivity index (χ2v) is 5.09. The van der Waals surface area contributed by atoms with Gasteiger partial charge in [-0.2, -0.15) is 0 Å². The van der Waals surface area contributed by atoms with Crippen LogP contribution in [0.15, 0.2) is 30.9 Å². The molecule has 0 aromatic carbocycles.